The number of methoxy groups -OCH3 is 1. The molecular formula is C25H27N7O. The van der Waals surface area contributed by atoms with E-state index in [1.165, 1.54) is 18.4 Å². The minimum absolute atomic E-state index is 0.347. The van der Waals surface area contributed by atoms with Crippen LogP contribution in [0.25, 0.3) is 22.2 Å². The summed E-state index contributed by atoms with van der Waals surface area (Å²) in [5, 5.41) is 5.83. The molecule has 0 aromatic carbocycles. The average molecular weight is 442 g/mol. The van der Waals surface area contributed by atoms with Gasteiger partial charge in [-0.15, -0.1) is 0 Å². The van der Waals surface area contributed by atoms with E-state index in [9.17, 15) is 0 Å². The molecule has 0 N–H and O–H groups in total. The lowest BCUT2D eigenvalue weighted by Gasteiger charge is -2.32. The van der Waals surface area contributed by atoms with Gasteiger partial charge in [0, 0.05) is 49.7 Å². The van der Waals surface area contributed by atoms with E-state index in [2.05, 4.69) is 30.6 Å². The summed E-state index contributed by atoms with van der Waals surface area (Å²) < 4.78 is 7.44. The van der Waals surface area contributed by atoms with Crippen molar-refractivity contribution in [1.82, 2.24) is 29.7 Å². The van der Waals surface area contributed by atoms with E-state index in [0.717, 1.165) is 59.7 Å². The molecule has 0 spiro atoms. The third-order valence-electron chi connectivity index (χ3n) is 6.73. The number of pyridine rings is 2. The number of hydrogen-bond donors (Lipinski definition) is 0. The Labute approximate surface area is 192 Å². The number of ether oxygens (including phenoxy) is 1. The largest absolute Gasteiger partial charge is 0.378 e. The molecule has 1 aliphatic carbocycles. The van der Waals surface area contributed by atoms with Gasteiger partial charge in [0.2, 0.25) is 5.95 Å². The number of piperidine rings is 1. The van der Waals surface area contributed by atoms with Gasteiger partial charge in [-0.3, -0.25) is 14.6 Å². The van der Waals surface area contributed by atoms with E-state index >= 15 is 0 Å². The fourth-order valence-corrected chi connectivity index (χ4v) is 4.74. The molecule has 5 heterocycles. The van der Waals surface area contributed by atoms with Crippen molar-refractivity contribution in [3.8, 4) is 11.3 Å². The number of anilines is 1. The van der Waals surface area contributed by atoms with Gasteiger partial charge in [0.15, 0.2) is 0 Å². The Hall–Kier alpha value is -3.39. The Bertz CT molecular complexity index is 1260. The molecule has 0 bridgehead atoms. The smallest absolute Gasteiger partial charge is 0.225 e. The minimum Gasteiger partial charge on any atom is -0.378 e. The summed E-state index contributed by atoms with van der Waals surface area (Å²) in [6.07, 6.45) is 14.3. The van der Waals surface area contributed by atoms with Crippen LogP contribution in [-0.4, -0.2) is 49.9 Å². The lowest BCUT2D eigenvalue weighted by molar-refractivity contribution is 0.182. The van der Waals surface area contributed by atoms with Crippen molar-refractivity contribution in [3.63, 3.8) is 0 Å². The average Bonchev–Trinajstić information content (AvgIpc) is 3.64. The van der Waals surface area contributed by atoms with Gasteiger partial charge in [0.1, 0.15) is 0 Å². The Morgan fingerprint density at radius 1 is 0.970 bits per heavy atom. The van der Waals surface area contributed by atoms with Crippen LogP contribution in [0.1, 0.15) is 48.9 Å². The van der Waals surface area contributed by atoms with E-state index in [1.54, 1.807) is 13.3 Å². The number of rotatable bonds is 6. The van der Waals surface area contributed by atoms with Crippen molar-refractivity contribution in [1.29, 1.82) is 0 Å². The molecule has 0 atom stereocenters. The summed E-state index contributed by atoms with van der Waals surface area (Å²) in [5.74, 6) is 1.54. The molecule has 1 saturated carbocycles. The van der Waals surface area contributed by atoms with Crippen LogP contribution in [-0.2, 0) is 11.3 Å². The number of nitrogens with zero attached hydrogens (tertiary/aromatic N) is 7. The monoisotopic (exact) mass is 441 g/mol. The Morgan fingerprint density at radius 2 is 1.79 bits per heavy atom. The molecule has 1 aliphatic heterocycles. The SMILES string of the molecule is COCc1ncccc1-c1cc2cnn(C3CCN(c4ncc(C5CC5)cn4)CC3)c2cn1. The van der Waals surface area contributed by atoms with Crippen molar-refractivity contribution in [3.05, 3.63) is 60.4 Å². The summed E-state index contributed by atoms with van der Waals surface area (Å²) in [4.78, 5) is 20.7. The number of aromatic nitrogens is 6. The zero-order valence-electron chi connectivity index (χ0n) is 18.8. The molecule has 4 aromatic heterocycles. The van der Waals surface area contributed by atoms with Gasteiger partial charge in [-0.1, -0.05) is 0 Å². The van der Waals surface area contributed by atoms with Crippen molar-refractivity contribution < 1.29 is 4.74 Å². The molecule has 4 aromatic rings. The predicted molar refractivity (Wildman–Crippen MR) is 126 cm³/mol. The van der Waals surface area contributed by atoms with Gasteiger partial charge in [-0.25, -0.2) is 9.97 Å². The summed E-state index contributed by atoms with van der Waals surface area (Å²) in [5.41, 5.74) is 5.13. The predicted octanol–water partition coefficient (Wildman–Crippen LogP) is 4.15. The van der Waals surface area contributed by atoms with Crippen LogP contribution in [0, 0.1) is 0 Å². The number of fused-ring (bicyclic) bond motifs is 1. The first-order chi connectivity index (χ1) is 16.3. The molecule has 8 nitrogen and oxygen atoms in total. The second-order valence-corrected chi connectivity index (χ2v) is 8.96. The van der Waals surface area contributed by atoms with Crippen LogP contribution in [0.5, 0.6) is 0 Å². The van der Waals surface area contributed by atoms with Gasteiger partial charge in [0.25, 0.3) is 0 Å². The van der Waals surface area contributed by atoms with E-state index < -0.39 is 0 Å². The molecule has 0 amide bonds. The summed E-state index contributed by atoms with van der Waals surface area (Å²) >= 11 is 0. The molecule has 0 radical (unpaired) electrons. The molecule has 168 valence electrons. The van der Waals surface area contributed by atoms with Crippen molar-refractivity contribution >= 4 is 16.9 Å². The van der Waals surface area contributed by atoms with Crippen molar-refractivity contribution in [2.75, 3.05) is 25.1 Å². The fraction of sp³-hybridized carbons (Fsp3) is 0.400. The maximum atomic E-state index is 5.30. The van der Waals surface area contributed by atoms with Crippen LogP contribution in [0.4, 0.5) is 5.95 Å². The highest BCUT2D eigenvalue weighted by Gasteiger charge is 2.26. The van der Waals surface area contributed by atoms with E-state index in [0.29, 0.717) is 18.6 Å². The van der Waals surface area contributed by atoms with Crippen LogP contribution in [0.15, 0.2) is 49.2 Å². The molecule has 1 saturated heterocycles. The molecule has 2 aliphatic rings. The Morgan fingerprint density at radius 3 is 2.55 bits per heavy atom. The van der Waals surface area contributed by atoms with Gasteiger partial charge in [-0.2, -0.15) is 5.10 Å². The third-order valence-corrected chi connectivity index (χ3v) is 6.73. The highest BCUT2D eigenvalue weighted by atomic mass is 16.5. The van der Waals surface area contributed by atoms with Gasteiger partial charge < -0.3 is 9.64 Å². The molecule has 6 rings (SSSR count). The van der Waals surface area contributed by atoms with Gasteiger partial charge >= 0.3 is 0 Å². The second kappa shape index (κ2) is 8.51. The summed E-state index contributed by atoms with van der Waals surface area (Å²) in [6, 6.07) is 6.41. The minimum atomic E-state index is 0.347. The third kappa shape index (κ3) is 3.95. The molecular weight excluding hydrogens is 414 g/mol. The van der Waals surface area contributed by atoms with Crippen LogP contribution in [0.3, 0.4) is 0 Å². The molecule has 2 fully saturated rings. The van der Waals surface area contributed by atoms with Crippen LogP contribution >= 0.6 is 0 Å². The van der Waals surface area contributed by atoms with Gasteiger partial charge in [-0.05, 0) is 55.4 Å². The lowest BCUT2D eigenvalue weighted by Crippen LogP contribution is -2.36. The standard InChI is InChI=1S/C25H27N7O/c1-33-16-23-21(3-2-8-26-23)22-11-18-14-30-32(24(18)15-27-22)20-6-9-31(10-7-20)25-28-12-19(13-29-25)17-4-5-17/h2-3,8,11-15,17,20H,4-7,9-10,16H2,1H3. The topological polar surface area (TPSA) is 81.9 Å². The van der Waals surface area contributed by atoms with Crippen molar-refractivity contribution in [2.45, 2.75) is 44.2 Å². The number of hydrogen-bond acceptors (Lipinski definition) is 7. The summed E-state index contributed by atoms with van der Waals surface area (Å²) in [6.45, 7) is 2.31. The molecule has 0 unspecified atom stereocenters. The zero-order valence-corrected chi connectivity index (χ0v) is 18.8. The fourth-order valence-electron chi connectivity index (χ4n) is 4.74. The maximum absolute atomic E-state index is 5.30. The first kappa shape index (κ1) is 20.2. The maximum Gasteiger partial charge on any atom is 0.225 e. The molecule has 8 heteroatoms. The summed E-state index contributed by atoms with van der Waals surface area (Å²) in [7, 11) is 1.68. The highest BCUT2D eigenvalue weighted by Crippen LogP contribution is 2.39. The van der Waals surface area contributed by atoms with E-state index in [4.69, 9.17) is 14.8 Å². The van der Waals surface area contributed by atoms with Crippen LogP contribution < -0.4 is 4.90 Å². The van der Waals surface area contributed by atoms with E-state index in [-0.39, 0.29) is 0 Å². The highest BCUT2D eigenvalue weighted by molar-refractivity contribution is 5.82. The van der Waals surface area contributed by atoms with Gasteiger partial charge in [0.05, 0.1) is 41.9 Å². The first-order valence-electron chi connectivity index (χ1n) is 11.6. The van der Waals surface area contributed by atoms with E-state index in [1.807, 2.05) is 36.9 Å². The normalized spacial score (nSPS) is 17.1. The van der Waals surface area contributed by atoms with Crippen molar-refractivity contribution in [2.24, 2.45) is 0 Å². The van der Waals surface area contributed by atoms with Crippen LogP contribution in [0.2, 0.25) is 0 Å². The lowest BCUT2D eigenvalue weighted by atomic mass is 10.1. The Kier molecular flexibility index (Phi) is 5.22. The first-order valence-corrected chi connectivity index (χ1v) is 11.6. The second-order valence-electron chi connectivity index (χ2n) is 8.96. The quantitative estimate of drug-likeness (QED) is 0.445. The Balaban J connectivity index is 1.18. The zero-order chi connectivity index (χ0) is 22.2. The molecule has 33 heavy (non-hydrogen) atoms.